The first-order chi connectivity index (χ1) is 20.7. The zero-order chi connectivity index (χ0) is 31.7. The molecule has 0 spiro atoms. The Labute approximate surface area is 254 Å². The minimum Gasteiger partial charge on any atom is -0.472 e. The summed E-state index contributed by atoms with van der Waals surface area (Å²) in [6.45, 7) is 12.3. The van der Waals surface area contributed by atoms with Gasteiger partial charge >= 0.3 is 12.2 Å². The number of ether oxygens (including phenoxy) is 2. The van der Waals surface area contributed by atoms with E-state index in [0.29, 0.717) is 24.9 Å². The van der Waals surface area contributed by atoms with Crippen LogP contribution >= 0.6 is 0 Å². The third kappa shape index (κ3) is 5.27. The van der Waals surface area contributed by atoms with Gasteiger partial charge in [-0.2, -0.15) is 23.1 Å². The number of alkyl halides is 3. The molecule has 6 rings (SSSR count). The number of piperazine rings is 1. The van der Waals surface area contributed by atoms with Crippen LogP contribution in [0.1, 0.15) is 51.7 Å². The van der Waals surface area contributed by atoms with Crippen LogP contribution in [0.4, 0.5) is 29.1 Å². The molecule has 0 bridgehead atoms. The predicted octanol–water partition coefficient (Wildman–Crippen LogP) is 5.28. The molecule has 3 aromatic rings. The molecule has 3 unspecified atom stereocenters. The second kappa shape index (κ2) is 11.2. The number of nitrogens with two attached hydrogens (primary N) is 1. The van der Waals surface area contributed by atoms with Gasteiger partial charge in [0.2, 0.25) is 5.88 Å². The number of halogens is 4. The summed E-state index contributed by atoms with van der Waals surface area (Å²) in [4.78, 5) is 20.3. The fourth-order valence-corrected chi connectivity index (χ4v) is 7.00. The number of hydrogen-bond acceptors (Lipinski definition) is 9. The van der Waals surface area contributed by atoms with Crippen LogP contribution in [0, 0.1) is 12.7 Å². The molecule has 0 radical (unpaired) electrons. The van der Waals surface area contributed by atoms with Crippen LogP contribution < -0.4 is 20.1 Å². The Hall–Kier alpha value is -3.45. The van der Waals surface area contributed by atoms with Gasteiger partial charge in [0.25, 0.3) is 0 Å². The summed E-state index contributed by atoms with van der Waals surface area (Å²) in [5.74, 6) is -0.635. The molecule has 3 aliphatic rings. The van der Waals surface area contributed by atoms with Crippen molar-refractivity contribution in [1.29, 1.82) is 0 Å². The largest absolute Gasteiger partial charge is 0.472 e. The van der Waals surface area contributed by atoms with E-state index in [0.717, 1.165) is 32.0 Å². The predicted molar refractivity (Wildman–Crippen MR) is 161 cm³/mol. The van der Waals surface area contributed by atoms with E-state index in [9.17, 15) is 13.2 Å². The Bertz CT molecular complexity index is 1580. The lowest BCUT2D eigenvalue weighted by Gasteiger charge is -2.44. The van der Waals surface area contributed by atoms with Crippen molar-refractivity contribution in [3.63, 3.8) is 0 Å². The highest BCUT2D eigenvalue weighted by Gasteiger charge is 2.42. The average Bonchev–Trinajstić information content (AvgIpc) is 3.33. The Morgan fingerprint density at radius 2 is 1.84 bits per heavy atom. The summed E-state index contributed by atoms with van der Waals surface area (Å²) in [5, 5.41) is 0.214. The summed E-state index contributed by atoms with van der Waals surface area (Å²) in [6.07, 6.45) is -3.57. The highest BCUT2D eigenvalue weighted by molar-refractivity contribution is 5.97. The van der Waals surface area contributed by atoms with E-state index < -0.39 is 34.9 Å². The quantitative estimate of drug-likeness (QED) is 0.303. The molecule has 13 heteroatoms. The Balaban J connectivity index is 1.58. The average molecular weight is 618 g/mol. The van der Waals surface area contributed by atoms with E-state index in [1.807, 2.05) is 20.9 Å². The van der Waals surface area contributed by atoms with Gasteiger partial charge in [-0.05, 0) is 78.7 Å². The third-order valence-corrected chi connectivity index (χ3v) is 9.31. The zero-order valence-electron chi connectivity index (χ0n) is 25.9. The van der Waals surface area contributed by atoms with Crippen molar-refractivity contribution in [2.45, 2.75) is 84.0 Å². The number of anilines is 2. The maximum absolute atomic E-state index is 16.7. The van der Waals surface area contributed by atoms with Gasteiger partial charge in [0.1, 0.15) is 34.6 Å². The molecule has 238 valence electrons. The first-order valence-electron chi connectivity index (χ1n) is 15.2. The summed E-state index contributed by atoms with van der Waals surface area (Å²) in [6, 6.07) is 2.50. The second-order valence-electron chi connectivity index (χ2n) is 12.6. The summed E-state index contributed by atoms with van der Waals surface area (Å²) < 4.78 is 72.4. The highest BCUT2D eigenvalue weighted by Crippen LogP contribution is 2.46. The highest BCUT2D eigenvalue weighted by atomic mass is 19.4. The first kappa shape index (κ1) is 30.6. The lowest BCUT2D eigenvalue weighted by molar-refractivity contribution is -0.137. The van der Waals surface area contributed by atoms with Gasteiger partial charge in [-0.1, -0.05) is 0 Å². The lowest BCUT2D eigenvalue weighted by Crippen LogP contribution is -2.59. The van der Waals surface area contributed by atoms with Gasteiger partial charge in [-0.25, -0.2) is 9.37 Å². The molecule has 2 aromatic heterocycles. The van der Waals surface area contributed by atoms with Gasteiger partial charge < -0.3 is 20.1 Å². The third-order valence-electron chi connectivity index (χ3n) is 9.31. The molecule has 4 atom stereocenters. The smallest absolute Gasteiger partial charge is 0.417 e. The monoisotopic (exact) mass is 617 g/mol. The van der Waals surface area contributed by atoms with E-state index in [1.165, 1.54) is 13.0 Å². The van der Waals surface area contributed by atoms with E-state index in [4.69, 9.17) is 20.2 Å². The van der Waals surface area contributed by atoms with Crippen LogP contribution in [-0.2, 0) is 6.18 Å². The standard InChI is InChI=1S/C31H39F4N7O2/c1-15(2)41-10-11-42-22(14-41)18(5)43-29-23-27(38-30(39-28(23)42)44-17(4)21-8-7-9-40(21)6)25(32)26(37-29)20-13-19(36)12-16(3)24(20)31(33,34)35/h12-13,15,17-18,21-22H,7-11,14,36H2,1-6H3/t17?,18-,21?,22?/m1/s1. The van der Waals surface area contributed by atoms with Gasteiger partial charge in [0.15, 0.2) is 5.82 Å². The molecule has 2 fully saturated rings. The molecule has 9 nitrogen and oxygen atoms in total. The number of likely N-dealkylation sites (N-methyl/N-ethyl adjacent to an activating group) is 1. The van der Waals surface area contributed by atoms with E-state index in [2.05, 4.69) is 38.5 Å². The number of pyridine rings is 1. The minimum absolute atomic E-state index is 0.0206. The van der Waals surface area contributed by atoms with E-state index >= 15 is 4.39 Å². The van der Waals surface area contributed by atoms with Crippen LogP contribution in [-0.4, -0.2) is 88.3 Å². The van der Waals surface area contributed by atoms with Crippen molar-refractivity contribution in [3.8, 4) is 23.1 Å². The molecule has 0 amide bonds. The molecule has 2 saturated heterocycles. The maximum atomic E-state index is 16.7. The van der Waals surface area contributed by atoms with Crippen molar-refractivity contribution in [3.05, 3.63) is 29.1 Å². The molecule has 44 heavy (non-hydrogen) atoms. The van der Waals surface area contributed by atoms with Crippen LogP contribution in [0.25, 0.3) is 22.2 Å². The second-order valence-corrected chi connectivity index (χ2v) is 12.6. The number of nitrogens with zero attached hydrogens (tertiary/aromatic N) is 6. The molecule has 1 aromatic carbocycles. The number of nitrogen functional groups attached to an aromatic ring is 1. The van der Waals surface area contributed by atoms with Crippen molar-refractivity contribution < 1.29 is 27.0 Å². The van der Waals surface area contributed by atoms with Crippen molar-refractivity contribution in [2.75, 3.05) is 43.9 Å². The van der Waals surface area contributed by atoms with E-state index in [-0.39, 0.29) is 52.2 Å². The van der Waals surface area contributed by atoms with Gasteiger partial charge in [0.05, 0.1) is 11.6 Å². The van der Waals surface area contributed by atoms with Crippen LogP contribution in [0.15, 0.2) is 12.1 Å². The van der Waals surface area contributed by atoms with Gasteiger partial charge in [-0.3, -0.25) is 9.80 Å². The molecular weight excluding hydrogens is 578 g/mol. The topological polar surface area (TPSA) is 92.9 Å². The summed E-state index contributed by atoms with van der Waals surface area (Å²) in [5.41, 5.74) is 3.67. The molecule has 5 heterocycles. The molecular formula is C31H39F4N7O2. The molecule has 2 N–H and O–H groups in total. The number of aryl methyl sites for hydroxylation is 1. The first-order valence-corrected chi connectivity index (χ1v) is 15.2. The molecule has 3 aliphatic heterocycles. The zero-order valence-corrected chi connectivity index (χ0v) is 25.9. The fourth-order valence-electron chi connectivity index (χ4n) is 7.00. The number of aromatic nitrogens is 3. The Kier molecular flexibility index (Phi) is 7.76. The number of rotatable bonds is 5. The van der Waals surface area contributed by atoms with E-state index in [1.54, 1.807) is 0 Å². The number of hydrogen-bond donors (Lipinski definition) is 1. The lowest BCUT2D eigenvalue weighted by atomic mass is 9.96. The maximum Gasteiger partial charge on any atom is 0.417 e. The SMILES string of the molecule is Cc1cc(N)cc(-c2nc3c4c(nc(OC(C)C5CCCN5C)nc4c2F)N2CCN(C(C)C)CC2[C@@H](C)O3)c1C(F)(F)F. The number of fused-ring (bicyclic) bond motifs is 2. The molecule has 0 aliphatic carbocycles. The number of benzene rings is 1. The van der Waals surface area contributed by atoms with Crippen molar-refractivity contribution in [1.82, 2.24) is 24.8 Å². The van der Waals surface area contributed by atoms with Crippen LogP contribution in [0.3, 0.4) is 0 Å². The molecule has 0 saturated carbocycles. The van der Waals surface area contributed by atoms with Crippen LogP contribution in [0.2, 0.25) is 0 Å². The normalized spacial score (nSPS) is 23.5. The fraction of sp³-hybridized carbons (Fsp3) is 0.581. The van der Waals surface area contributed by atoms with Gasteiger partial charge in [0, 0.05) is 43.0 Å². The van der Waals surface area contributed by atoms with Crippen molar-refractivity contribution >= 4 is 22.4 Å². The summed E-state index contributed by atoms with van der Waals surface area (Å²) in [7, 11) is 2.03. The van der Waals surface area contributed by atoms with Crippen LogP contribution in [0.5, 0.6) is 11.9 Å². The van der Waals surface area contributed by atoms with Gasteiger partial charge in [-0.15, -0.1) is 0 Å². The van der Waals surface area contributed by atoms with Crippen molar-refractivity contribution in [2.24, 2.45) is 0 Å². The summed E-state index contributed by atoms with van der Waals surface area (Å²) >= 11 is 0. The minimum atomic E-state index is -4.78. The Morgan fingerprint density at radius 3 is 2.50 bits per heavy atom. The Morgan fingerprint density at radius 1 is 1.09 bits per heavy atom. The number of likely N-dealkylation sites (tertiary alicyclic amines) is 1.